The Morgan fingerprint density at radius 1 is 0.838 bits per heavy atom. The number of rotatable bonds is 5. The Bertz CT molecular complexity index is 1750. The van der Waals surface area contributed by atoms with E-state index in [1.165, 1.54) is 6.07 Å². The van der Waals surface area contributed by atoms with Crippen LogP contribution in [-0.2, 0) is 10.1 Å². The Balaban J connectivity index is 0.00000200. The summed E-state index contributed by atoms with van der Waals surface area (Å²) in [5.41, 5.74) is 12.0. The van der Waals surface area contributed by atoms with Crippen LogP contribution in [0.15, 0.2) is 112 Å². The molecule has 0 saturated heterocycles. The first-order chi connectivity index (χ1) is 17.3. The standard InChI is InChI=1S/C28H22N4O3S.Na.H/c1-18-15-20(17-30-28(18)24-14-8-5-11-21(24)19-9-3-2-4-10-19)31-32-25-16-26(36(33,34)35)22-12-6-7-13-23(22)27(25)29;;/h2-17H,29H2,1H3,(H,33,34,35);;/q;+1;-1. The summed E-state index contributed by atoms with van der Waals surface area (Å²) in [6, 6.07) is 27.9. The van der Waals surface area contributed by atoms with Crippen LogP contribution in [0.1, 0.15) is 6.99 Å². The summed E-state index contributed by atoms with van der Waals surface area (Å²) in [5, 5.41) is 9.22. The first-order valence-electron chi connectivity index (χ1n) is 11.1. The Morgan fingerprint density at radius 3 is 2.14 bits per heavy atom. The van der Waals surface area contributed by atoms with E-state index in [0.29, 0.717) is 16.5 Å². The molecule has 180 valence electrons. The molecule has 3 N–H and O–H groups in total. The van der Waals surface area contributed by atoms with E-state index < -0.39 is 10.1 Å². The zero-order valence-electron chi connectivity index (χ0n) is 21.3. The van der Waals surface area contributed by atoms with Crippen molar-refractivity contribution in [3.05, 3.63) is 103 Å². The molecule has 0 aliphatic heterocycles. The third kappa shape index (κ3) is 5.49. The molecule has 0 aliphatic rings. The molecule has 0 amide bonds. The van der Waals surface area contributed by atoms with Gasteiger partial charge in [0, 0.05) is 16.3 Å². The minimum Gasteiger partial charge on any atom is -1.00 e. The number of nitrogens with two attached hydrogens (primary N) is 1. The minimum atomic E-state index is -4.49. The molecule has 0 spiro atoms. The SMILES string of the molecule is Cc1cc(N=Nc2cc(S(=O)(=O)O)c3ccccc3c2N)cnc1-c1ccccc1-c1ccccc1.[H-].[Na+]. The van der Waals surface area contributed by atoms with Crippen molar-refractivity contribution >= 4 is 38.0 Å². The molecule has 7 nitrogen and oxygen atoms in total. The zero-order chi connectivity index (χ0) is 25.3. The van der Waals surface area contributed by atoms with Crippen LogP contribution in [0.2, 0.25) is 0 Å². The van der Waals surface area contributed by atoms with Crippen molar-refractivity contribution in [2.75, 3.05) is 5.73 Å². The van der Waals surface area contributed by atoms with E-state index in [-0.39, 0.29) is 47.3 Å². The van der Waals surface area contributed by atoms with Crippen LogP contribution in [-0.4, -0.2) is 18.0 Å². The zero-order valence-corrected chi connectivity index (χ0v) is 23.1. The van der Waals surface area contributed by atoms with Gasteiger partial charge in [-0.15, -0.1) is 10.2 Å². The number of hydrogen-bond acceptors (Lipinski definition) is 6. The van der Waals surface area contributed by atoms with Gasteiger partial charge in [0.25, 0.3) is 10.1 Å². The van der Waals surface area contributed by atoms with Crippen LogP contribution < -0.4 is 35.3 Å². The summed E-state index contributed by atoms with van der Waals surface area (Å²) >= 11 is 0. The van der Waals surface area contributed by atoms with Gasteiger partial charge in [-0.3, -0.25) is 9.54 Å². The van der Waals surface area contributed by atoms with Gasteiger partial charge in [0.2, 0.25) is 0 Å². The van der Waals surface area contributed by atoms with E-state index >= 15 is 0 Å². The summed E-state index contributed by atoms with van der Waals surface area (Å²) in [4.78, 5) is 4.38. The molecular formula is C28H23N4NaO3S. The number of benzene rings is 4. The van der Waals surface area contributed by atoms with Crippen molar-refractivity contribution in [1.29, 1.82) is 0 Å². The summed E-state index contributed by atoms with van der Waals surface area (Å²) in [6.45, 7) is 1.95. The van der Waals surface area contributed by atoms with Gasteiger partial charge in [-0.1, -0.05) is 78.9 Å². The number of anilines is 1. The van der Waals surface area contributed by atoms with Crippen LogP contribution >= 0.6 is 0 Å². The monoisotopic (exact) mass is 518 g/mol. The number of nitrogens with zero attached hydrogens (tertiary/aromatic N) is 3. The maximum Gasteiger partial charge on any atom is 1.00 e. The van der Waals surface area contributed by atoms with Crippen molar-refractivity contribution in [2.45, 2.75) is 11.8 Å². The maximum absolute atomic E-state index is 12.0. The number of fused-ring (bicyclic) bond motifs is 1. The van der Waals surface area contributed by atoms with Gasteiger partial charge in [-0.2, -0.15) is 8.42 Å². The summed E-state index contributed by atoms with van der Waals surface area (Å²) < 4.78 is 33.6. The molecule has 0 atom stereocenters. The summed E-state index contributed by atoms with van der Waals surface area (Å²) in [5.74, 6) is 0. The molecule has 0 fully saturated rings. The van der Waals surface area contributed by atoms with Gasteiger partial charge in [0.1, 0.15) is 16.3 Å². The van der Waals surface area contributed by atoms with E-state index in [0.717, 1.165) is 27.9 Å². The van der Waals surface area contributed by atoms with Crippen LogP contribution in [0.4, 0.5) is 17.1 Å². The fourth-order valence-corrected chi connectivity index (χ4v) is 4.93. The van der Waals surface area contributed by atoms with Crippen LogP contribution in [0.3, 0.4) is 0 Å². The molecule has 37 heavy (non-hydrogen) atoms. The second kappa shape index (κ2) is 10.9. The Hall–Kier alpha value is -3.40. The molecule has 4 aromatic carbocycles. The molecule has 1 aromatic heterocycles. The molecule has 0 bridgehead atoms. The molecule has 0 saturated carbocycles. The topological polar surface area (TPSA) is 118 Å². The average Bonchev–Trinajstić information content (AvgIpc) is 2.88. The molecule has 1 heterocycles. The van der Waals surface area contributed by atoms with Crippen LogP contribution in [0, 0.1) is 6.92 Å². The number of nitrogen functional groups attached to an aromatic ring is 1. The first-order valence-corrected chi connectivity index (χ1v) is 12.6. The summed E-state index contributed by atoms with van der Waals surface area (Å²) in [7, 11) is -4.49. The van der Waals surface area contributed by atoms with Crippen LogP contribution in [0.5, 0.6) is 0 Å². The number of azo groups is 1. The quantitative estimate of drug-likeness (QED) is 0.156. The third-order valence-electron chi connectivity index (χ3n) is 5.91. The van der Waals surface area contributed by atoms with Crippen molar-refractivity contribution in [3.63, 3.8) is 0 Å². The molecule has 0 aliphatic carbocycles. The number of hydrogen-bond donors (Lipinski definition) is 2. The van der Waals surface area contributed by atoms with Crippen molar-refractivity contribution in [1.82, 2.24) is 4.98 Å². The average molecular weight is 519 g/mol. The van der Waals surface area contributed by atoms with E-state index in [1.807, 2.05) is 49.4 Å². The maximum atomic E-state index is 12.0. The summed E-state index contributed by atoms with van der Waals surface area (Å²) in [6.07, 6.45) is 1.61. The Kier molecular flexibility index (Phi) is 7.87. The second-order valence-electron chi connectivity index (χ2n) is 8.30. The van der Waals surface area contributed by atoms with Crippen molar-refractivity contribution in [3.8, 4) is 22.4 Å². The predicted molar refractivity (Wildman–Crippen MR) is 143 cm³/mol. The van der Waals surface area contributed by atoms with Gasteiger partial charge in [0.15, 0.2) is 0 Å². The van der Waals surface area contributed by atoms with Gasteiger partial charge in [0.05, 0.1) is 17.6 Å². The Morgan fingerprint density at radius 2 is 1.46 bits per heavy atom. The molecule has 0 unspecified atom stereocenters. The number of pyridine rings is 1. The predicted octanol–water partition coefficient (Wildman–Crippen LogP) is 4.24. The van der Waals surface area contributed by atoms with E-state index in [9.17, 15) is 13.0 Å². The molecule has 5 rings (SSSR count). The van der Waals surface area contributed by atoms with Crippen molar-refractivity contribution in [2.24, 2.45) is 10.2 Å². The molecule has 0 radical (unpaired) electrons. The smallest absolute Gasteiger partial charge is 1.00 e. The normalized spacial score (nSPS) is 11.5. The van der Waals surface area contributed by atoms with Gasteiger partial charge < -0.3 is 7.16 Å². The van der Waals surface area contributed by atoms with Crippen LogP contribution in [0.25, 0.3) is 33.2 Å². The number of aryl methyl sites for hydroxylation is 1. The number of aromatic nitrogens is 1. The minimum absolute atomic E-state index is 0. The van der Waals surface area contributed by atoms with Crippen molar-refractivity contribution < 1.29 is 44.0 Å². The largest absolute Gasteiger partial charge is 1.00 e. The van der Waals surface area contributed by atoms with E-state index in [4.69, 9.17) is 5.73 Å². The molecular weight excluding hydrogens is 495 g/mol. The van der Waals surface area contributed by atoms with Gasteiger partial charge in [-0.05, 0) is 35.7 Å². The molecule has 9 heteroatoms. The van der Waals surface area contributed by atoms with Gasteiger partial charge in [-0.25, -0.2) is 0 Å². The first kappa shape index (κ1) is 26.7. The fourth-order valence-electron chi connectivity index (χ4n) is 4.21. The molecule has 5 aromatic rings. The second-order valence-corrected chi connectivity index (χ2v) is 9.69. The van der Waals surface area contributed by atoms with Gasteiger partial charge >= 0.3 is 29.6 Å². The Labute approximate surface area is 238 Å². The van der Waals surface area contributed by atoms with E-state index in [1.54, 1.807) is 30.5 Å². The van der Waals surface area contributed by atoms with E-state index in [2.05, 4.69) is 33.4 Å². The third-order valence-corrected chi connectivity index (χ3v) is 6.80. The fraction of sp³-hybridized carbons (Fsp3) is 0.0357.